The zero-order valence-electron chi connectivity index (χ0n) is 17.5. The Labute approximate surface area is 188 Å². The fourth-order valence-electron chi connectivity index (χ4n) is 3.73. The molecule has 1 heterocycles. The number of hydrogen-bond donors (Lipinski definition) is 2. The maximum absolute atomic E-state index is 13.0. The standard InChI is InChI=1S/C18H21F3N4O6S2/c1-32(28,29)25(33(2,30)31)17(27)22-15-6-12-4-3-11(5-13(12)7-15)8-24-9-14(10-26)16(23-24)18(19,20)21/h3-5,9,15,26H,6-8,10H2,1-2H3,(H,22,27)/t15-/m1/s1. The average molecular weight is 511 g/mol. The van der Waals surface area contributed by atoms with Gasteiger partial charge in [-0.2, -0.15) is 18.3 Å². The zero-order valence-corrected chi connectivity index (χ0v) is 19.1. The van der Waals surface area contributed by atoms with Crippen LogP contribution in [0.25, 0.3) is 0 Å². The quantitative estimate of drug-likeness (QED) is 0.587. The Kier molecular flexibility index (Phi) is 6.52. The molecule has 3 rings (SSSR count). The predicted molar refractivity (Wildman–Crippen MR) is 110 cm³/mol. The van der Waals surface area contributed by atoms with Gasteiger partial charge in [0.1, 0.15) is 0 Å². The maximum atomic E-state index is 13.0. The van der Waals surface area contributed by atoms with E-state index in [-0.39, 0.29) is 22.2 Å². The number of benzene rings is 1. The Morgan fingerprint density at radius 2 is 1.79 bits per heavy atom. The van der Waals surface area contributed by atoms with Gasteiger partial charge in [0.25, 0.3) is 0 Å². The Morgan fingerprint density at radius 3 is 2.30 bits per heavy atom. The van der Waals surface area contributed by atoms with Crippen LogP contribution in [0.15, 0.2) is 24.4 Å². The Morgan fingerprint density at radius 1 is 1.18 bits per heavy atom. The molecule has 2 aromatic rings. The highest BCUT2D eigenvalue weighted by Gasteiger charge is 2.37. The number of aromatic nitrogens is 2. The molecule has 0 radical (unpaired) electrons. The number of aliphatic hydroxyl groups is 1. The minimum absolute atomic E-state index is 0.00329. The number of aliphatic hydroxyl groups excluding tert-OH is 1. The molecule has 15 heteroatoms. The van der Waals surface area contributed by atoms with Crippen molar-refractivity contribution < 1.29 is 39.9 Å². The van der Waals surface area contributed by atoms with Gasteiger partial charge in [0.05, 0.1) is 25.7 Å². The number of hydrogen-bond acceptors (Lipinski definition) is 7. The molecule has 0 saturated heterocycles. The third-order valence-electron chi connectivity index (χ3n) is 4.92. The average Bonchev–Trinajstić information content (AvgIpc) is 3.21. The van der Waals surface area contributed by atoms with Crippen molar-refractivity contribution in [3.05, 3.63) is 52.3 Å². The second kappa shape index (κ2) is 8.61. The fourth-order valence-corrected chi connectivity index (χ4v) is 6.41. The summed E-state index contributed by atoms with van der Waals surface area (Å²) in [5, 5.41) is 15.1. The molecule has 1 aliphatic rings. The van der Waals surface area contributed by atoms with Gasteiger partial charge in [0, 0.05) is 17.8 Å². The lowest BCUT2D eigenvalue weighted by Gasteiger charge is -2.20. The van der Waals surface area contributed by atoms with Crippen molar-refractivity contribution >= 4 is 26.1 Å². The van der Waals surface area contributed by atoms with Crippen LogP contribution in [0.3, 0.4) is 0 Å². The minimum atomic E-state index is -4.70. The van der Waals surface area contributed by atoms with Crippen LogP contribution >= 0.6 is 0 Å². The van der Waals surface area contributed by atoms with Crippen LogP contribution in [-0.4, -0.2) is 60.0 Å². The Bertz CT molecular complexity index is 1260. The van der Waals surface area contributed by atoms with Crippen molar-refractivity contribution in [2.45, 2.75) is 38.2 Å². The molecular weight excluding hydrogens is 489 g/mol. The highest BCUT2D eigenvalue weighted by atomic mass is 32.3. The third-order valence-corrected chi connectivity index (χ3v) is 8.08. The van der Waals surface area contributed by atoms with Gasteiger partial charge in [-0.15, -0.1) is 3.71 Å². The van der Waals surface area contributed by atoms with Crippen LogP contribution in [0.5, 0.6) is 0 Å². The summed E-state index contributed by atoms with van der Waals surface area (Å²) in [5.74, 6) is 0. The van der Waals surface area contributed by atoms with Crippen molar-refractivity contribution in [3.8, 4) is 0 Å². The van der Waals surface area contributed by atoms with Crippen molar-refractivity contribution in [1.29, 1.82) is 0 Å². The molecular formula is C18H21F3N4O6S2. The molecule has 0 aliphatic heterocycles. The summed E-state index contributed by atoms with van der Waals surface area (Å²) in [5.41, 5.74) is 0.716. The SMILES string of the molecule is CS(=O)(=O)N(C(=O)N[C@@H]1Cc2ccc(Cn3cc(CO)c(C(F)(F)F)n3)cc2C1)S(C)(=O)=O. The number of halogens is 3. The summed E-state index contributed by atoms with van der Waals surface area (Å²) in [7, 11) is -8.72. The molecule has 1 aromatic heterocycles. The number of nitrogens with zero attached hydrogens (tertiary/aromatic N) is 3. The molecule has 33 heavy (non-hydrogen) atoms. The molecule has 0 bridgehead atoms. The third kappa shape index (κ3) is 5.65. The number of alkyl halides is 3. The maximum Gasteiger partial charge on any atom is 0.435 e. The van der Waals surface area contributed by atoms with Crippen LogP contribution in [0, 0.1) is 0 Å². The first kappa shape index (κ1) is 25.0. The smallest absolute Gasteiger partial charge is 0.392 e. The Hall–Kier alpha value is -2.65. The lowest BCUT2D eigenvalue weighted by molar-refractivity contribution is -0.142. The number of urea groups is 1. The number of amides is 2. The van der Waals surface area contributed by atoms with E-state index in [9.17, 15) is 34.8 Å². The predicted octanol–water partition coefficient (Wildman–Crippen LogP) is 0.840. The van der Waals surface area contributed by atoms with Gasteiger partial charge in [-0.05, 0) is 29.5 Å². The van der Waals surface area contributed by atoms with Crippen molar-refractivity contribution in [2.75, 3.05) is 12.5 Å². The molecule has 2 amide bonds. The van der Waals surface area contributed by atoms with Gasteiger partial charge in [-0.3, -0.25) is 4.68 Å². The number of nitrogens with one attached hydrogen (secondary N) is 1. The molecule has 0 saturated carbocycles. The van der Waals surface area contributed by atoms with E-state index < -0.39 is 50.6 Å². The summed E-state index contributed by atoms with van der Waals surface area (Å²) in [6.07, 6.45) is -1.79. The highest BCUT2D eigenvalue weighted by molar-refractivity contribution is 8.04. The van der Waals surface area contributed by atoms with Gasteiger partial charge >= 0.3 is 12.2 Å². The summed E-state index contributed by atoms with van der Waals surface area (Å²) < 4.78 is 86.8. The molecule has 0 unspecified atom stereocenters. The van der Waals surface area contributed by atoms with E-state index in [1.807, 2.05) is 0 Å². The van der Waals surface area contributed by atoms with Crippen LogP contribution in [0.4, 0.5) is 18.0 Å². The van der Waals surface area contributed by atoms with E-state index in [0.29, 0.717) is 24.5 Å². The normalized spacial score (nSPS) is 16.5. The number of rotatable bonds is 6. The van der Waals surface area contributed by atoms with E-state index >= 15 is 0 Å². The lowest BCUT2D eigenvalue weighted by Crippen LogP contribution is -2.49. The monoisotopic (exact) mass is 510 g/mol. The summed E-state index contributed by atoms with van der Waals surface area (Å²) in [6, 6.07) is 3.26. The molecule has 0 spiro atoms. The largest absolute Gasteiger partial charge is 0.435 e. The van der Waals surface area contributed by atoms with Gasteiger partial charge in [0.15, 0.2) is 5.69 Å². The van der Waals surface area contributed by atoms with Crippen molar-refractivity contribution in [2.24, 2.45) is 0 Å². The van der Waals surface area contributed by atoms with E-state index in [2.05, 4.69) is 10.4 Å². The summed E-state index contributed by atoms with van der Waals surface area (Å²) in [4.78, 5) is 12.3. The summed E-state index contributed by atoms with van der Waals surface area (Å²) >= 11 is 0. The van der Waals surface area contributed by atoms with Gasteiger partial charge in [-0.1, -0.05) is 18.2 Å². The highest BCUT2D eigenvalue weighted by Crippen LogP contribution is 2.31. The van der Waals surface area contributed by atoms with Crippen molar-refractivity contribution in [1.82, 2.24) is 18.8 Å². The van der Waals surface area contributed by atoms with E-state index in [4.69, 9.17) is 5.11 Å². The van der Waals surface area contributed by atoms with Gasteiger partial charge in [-0.25, -0.2) is 21.6 Å². The number of sulfonamides is 2. The van der Waals surface area contributed by atoms with Crippen LogP contribution in [-0.2, 0) is 52.2 Å². The molecule has 1 aliphatic carbocycles. The molecule has 10 nitrogen and oxygen atoms in total. The van der Waals surface area contributed by atoms with Crippen LogP contribution in [0.2, 0.25) is 0 Å². The number of carbonyl (C=O) groups is 1. The summed E-state index contributed by atoms with van der Waals surface area (Å²) in [6.45, 7) is -0.804. The van der Waals surface area contributed by atoms with E-state index in [1.165, 1.54) is 0 Å². The first-order chi connectivity index (χ1) is 15.1. The second-order valence-electron chi connectivity index (χ2n) is 7.74. The van der Waals surface area contributed by atoms with Gasteiger partial charge < -0.3 is 10.4 Å². The van der Waals surface area contributed by atoms with Crippen LogP contribution < -0.4 is 5.32 Å². The fraction of sp³-hybridized carbons (Fsp3) is 0.444. The molecule has 1 aromatic carbocycles. The number of fused-ring (bicyclic) bond motifs is 1. The molecule has 0 fully saturated rings. The zero-order chi connectivity index (χ0) is 24.8. The minimum Gasteiger partial charge on any atom is -0.392 e. The first-order valence-corrected chi connectivity index (χ1v) is 13.1. The van der Waals surface area contributed by atoms with Gasteiger partial charge in [0.2, 0.25) is 20.0 Å². The molecule has 2 N–H and O–H groups in total. The first-order valence-electron chi connectivity index (χ1n) is 9.45. The van der Waals surface area contributed by atoms with Crippen LogP contribution in [0.1, 0.15) is 27.9 Å². The number of carbonyl (C=O) groups excluding carboxylic acids is 1. The van der Waals surface area contributed by atoms with E-state index in [1.54, 1.807) is 18.2 Å². The molecule has 1 atom stereocenters. The Balaban J connectivity index is 1.74. The topological polar surface area (TPSA) is 139 Å². The lowest BCUT2D eigenvalue weighted by atomic mass is 10.1. The van der Waals surface area contributed by atoms with Crippen molar-refractivity contribution in [3.63, 3.8) is 0 Å². The molecule has 182 valence electrons. The second-order valence-corrected chi connectivity index (χ2v) is 11.6. The van der Waals surface area contributed by atoms with E-state index in [0.717, 1.165) is 22.0 Å².